The summed E-state index contributed by atoms with van der Waals surface area (Å²) in [5, 5.41) is 10.3. The Morgan fingerprint density at radius 3 is 1.00 bits per heavy atom. The number of benzene rings is 12. The zero-order valence-corrected chi connectivity index (χ0v) is 44.6. The molecule has 0 amide bonds. The van der Waals surface area contributed by atoms with Gasteiger partial charge in [0, 0.05) is 50.0 Å². The molecule has 0 fully saturated rings. The fourth-order valence-electron chi connectivity index (χ4n) is 12.3. The summed E-state index contributed by atoms with van der Waals surface area (Å²) in [6.45, 7) is 4.36. The molecule has 0 aliphatic carbocycles. The van der Waals surface area contributed by atoms with E-state index in [1.165, 1.54) is 97.7 Å². The maximum absolute atomic E-state index is 2.87. The summed E-state index contributed by atoms with van der Waals surface area (Å²) in [6.07, 6.45) is 0. The third-order valence-electron chi connectivity index (χ3n) is 15.9. The summed E-state index contributed by atoms with van der Waals surface area (Å²) in [5.41, 5.74) is 17.5. The monoisotopic (exact) mass is 1010 g/mol. The van der Waals surface area contributed by atoms with Crippen molar-refractivity contribution in [2.75, 3.05) is 4.90 Å². The molecule has 0 atom stereocenters. The molecule has 2 aromatic heterocycles. The van der Waals surface area contributed by atoms with E-state index in [1.54, 1.807) is 0 Å². The lowest BCUT2D eigenvalue weighted by Crippen LogP contribution is -2.74. The molecule has 0 saturated heterocycles. The zero-order chi connectivity index (χ0) is 52.2. The van der Waals surface area contributed by atoms with E-state index in [4.69, 9.17) is 0 Å². The minimum atomic E-state index is -2.87. The van der Waals surface area contributed by atoms with E-state index in [9.17, 15) is 0 Å². The highest BCUT2D eigenvalue weighted by molar-refractivity contribution is 7.19. The number of aryl methyl sites for hydroxylation is 2. The SMILES string of the molecule is Cc1ccc2c(c1)c1cc(C)ccc1n2-c1ccc(N(c2ccc(-n3c4ccc(-c5ccccc5)cc4c4cc(-c5ccccc5)ccc43)cc2)c2cccc([Si](c3ccccc3)(c3ccccc3)c3ccccc3)c2)cc1. The van der Waals surface area contributed by atoms with Gasteiger partial charge in [-0.3, -0.25) is 0 Å². The van der Waals surface area contributed by atoms with Gasteiger partial charge < -0.3 is 14.0 Å². The Kier molecular flexibility index (Phi) is 11.7. The highest BCUT2D eigenvalue weighted by Crippen LogP contribution is 2.41. The molecule has 14 aromatic rings. The lowest BCUT2D eigenvalue weighted by atomic mass is 10.0. The molecule has 0 N–H and O–H groups in total. The minimum Gasteiger partial charge on any atom is -0.311 e. The molecule has 0 bridgehead atoms. The number of nitrogens with zero attached hydrogens (tertiary/aromatic N) is 3. The number of aromatic nitrogens is 2. The average molecular weight is 1010 g/mol. The molecule has 2 heterocycles. The van der Waals surface area contributed by atoms with E-state index in [1.807, 2.05) is 0 Å². The number of fused-ring (bicyclic) bond motifs is 6. The van der Waals surface area contributed by atoms with Crippen LogP contribution in [0, 0.1) is 13.8 Å². The van der Waals surface area contributed by atoms with Crippen LogP contribution in [0.25, 0.3) is 77.2 Å². The van der Waals surface area contributed by atoms with Crippen molar-refractivity contribution >= 4 is 89.5 Å². The summed E-state index contributed by atoms with van der Waals surface area (Å²) in [7, 11) is -2.87. The molecule has 12 aromatic carbocycles. The number of rotatable bonds is 11. The van der Waals surface area contributed by atoms with Gasteiger partial charge in [-0.25, -0.2) is 0 Å². The van der Waals surface area contributed by atoms with Crippen molar-refractivity contribution in [3.63, 3.8) is 0 Å². The van der Waals surface area contributed by atoms with Crippen LogP contribution in [0.4, 0.5) is 17.1 Å². The van der Waals surface area contributed by atoms with E-state index < -0.39 is 8.07 Å². The first-order chi connectivity index (χ1) is 38.5. The Morgan fingerprint density at radius 2 is 0.603 bits per heavy atom. The molecule has 0 radical (unpaired) electrons. The summed E-state index contributed by atoms with van der Waals surface area (Å²) in [4.78, 5) is 2.44. The molecule has 4 heteroatoms. The van der Waals surface area contributed by atoms with Crippen LogP contribution in [-0.2, 0) is 0 Å². The van der Waals surface area contributed by atoms with Crippen LogP contribution in [-0.4, -0.2) is 17.2 Å². The van der Waals surface area contributed by atoms with Gasteiger partial charge in [0.2, 0.25) is 0 Å². The Balaban J connectivity index is 0.952. The van der Waals surface area contributed by atoms with Crippen LogP contribution in [0.1, 0.15) is 11.1 Å². The maximum Gasteiger partial charge on any atom is 0.179 e. The topological polar surface area (TPSA) is 13.1 Å². The van der Waals surface area contributed by atoms with Crippen molar-refractivity contribution in [1.29, 1.82) is 0 Å². The number of hydrogen-bond donors (Lipinski definition) is 0. The highest BCUT2D eigenvalue weighted by Gasteiger charge is 2.41. The molecule has 0 aliphatic rings. The third-order valence-corrected chi connectivity index (χ3v) is 20.7. The standard InChI is InChI=1S/C74H55N3Si/c1-52-31-43-71-67(47-52)68-48-53(2)32-44-72(68)76(71)60-39-35-58(36-40-60)75(62-23-18-30-66(51-62)78(63-24-12-5-13-25-63,64-26-14-6-15-27-64)65-28-16-7-17-29-65)59-37-41-61(42-38-59)77-73-45-33-56(54-19-8-3-9-20-54)49-69(73)70-50-57(34-46-74(70)77)55-21-10-4-11-22-55/h3-51H,1-2H3. The largest absolute Gasteiger partial charge is 0.311 e. The maximum atomic E-state index is 2.47. The van der Waals surface area contributed by atoms with Gasteiger partial charge >= 0.3 is 0 Å². The molecule has 370 valence electrons. The Bertz CT molecular complexity index is 4220. The van der Waals surface area contributed by atoms with Crippen molar-refractivity contribution in [2.45, 2.75) is 13.8 Å². The molecular formula is C74H55N3Si. The van der Waals surface area contributed by atoms with Crippen molar-refractivity contribution in [1.82, 2.24) is 9.13 Å². The van der Waals surface area contributed by atoms with Crippen LogP contribution in [0.2, 0.25) is 0 Å². The van der Waals surface area contributed by atoms with E-state index in [0.717, 1.165) is 28.4 Å². The van der Waals surface area contributed by atoms with Gasteiger partial charge in [-0.05, 0) is 166 Å². The van der Waals surface area contributed by atoms with E-state index in [2.05, 4.69) is 325 Å². The predicted octanol–water partition coefficient (Wildman–Crippen LogP) is 16.7. The van der Waals surface area contributed by atoms with Gasteiger partial charge in [0.15, 0.2) is 8.07 Å². The van der Waals surface area contributed by atoms with Crippen LogP contribution in [0.3, 0.4) is 0 Å². The van der Waals surface area contributed by atoms with Crippen molar-refractivity contribution in [2.24, 2.45) is 0 Å². The van der Waals surface area contributed by atoms with Crippen molar-refractivity contribution in [3.05, 3.63) is 308 Å². The molecule has 0 saturated carbocycles. The van der Waals surface area contributed by atoms with Gasteiger partial charge in [0.25, 0.3) is 0 Å². The first-order valence-corrected chi connectivity index (χ1v) is 29.0. The Morgan fingerprint density at radius 1 is 0.256 bits per heavy atom. The fraction of sp³-hybridized carbons (Fsp3) is 0.0270. The van der Waals surface area contributed by atoms with Gasteiger partial charge in [-0.15, -0.1) is 0 Å². The fourth-order valence-corrected chi connectivity index (χ4v) is 17.1. The Labute approximate surface area is 456 Å². The van der Waals surface area contributed by atoms with Crippen molar-refractivity contribution < 1.29 is 0 Å². The van der Waals surface area contributed by atoms with E-state index in [0.29, 0.717) is 0 Å². The summed E-state index contributed by atoms with van der Waals surface area (Å²) in [6, 6.07) is 110. The summed E-state index contributed by atoms with van der Waals surface area (Å²) in [5.74, 6) is 0. The van der Waals surface area contributed by atoms with Crippen LogP contribution >= 0.6 is 0 Å². The van der Waals surface area contributed by atoms with E-state index >= 15 is 0 Å². The molecule has 3 nitrogen and oxygen atoms in total. The number of anilines is 3. The second-order valence-electron chi connectivity index (χ2n) is 20.7. The van der Waals surface area contributed by atoms with Crippen LogP contribution in [0.5, 0.6) is 0 Å². The van der Waals surface area contributed by atoms with E-state index in [-0.39, 0.29) is 0 Å². The smallest absolute Gasteiger partial charge is 0.179 e. The van der Waals surface area contributed by atoms with Gasteiger partial charge in [-0.1, -0.05) is 199 Å². The second kappa shape index (κ2) is 19.4. The lowest BCUT2D eigenvalue weighted by Gasteiger charge is -2.35. The van der Waals surface area contributed by atoms with Gasteiger partial charge in [0.1, 0.15) is 0 Å². The molecular weight excluding hydrogens is 959 g/mol. The zero-order valence-electron chi connectivity index (χ0n) is 43.6. The third kappa shape index (κ3) is 7.96. The predicted molar refractivity (Wildman–Crippen MR) is 334 cm³/mol. The summed E-state index contributed by atoms with van der Waals surface area (Å²) < 4.78 is 4.86. The van der Waals surface area contributed by atoms with Gasteiger partial charge in [0.05, 0.1) is 22.1 Å². The molecule has 0 unspecified atom stereocenters. The molecule has 0 spiro atoms. The van der Waals surface area contributed by atoms with Crippen LogP contribution in [0.15, 0.2) is 297 Å². The van der Waals surface area contributed by atoms with Gasteiger partial charge in [-0.2, -0.15) is 0 Å². The minimum absolute atomic E-state index is 1.07. The average Bonchev–Trinajstić information content (AvgIpc) is 4.19. The first-order valence-electron chi connectivity index (χ1n) is 27.0. The van der Waals surface area contributed by atoms with Crippen molar-refractivity contribution in [3.8, 4) is 33.6 Å². The first kappa shape index (κ1) is 46.8. The number of hydrogen-bond acceptors (Lipinski definition) is 1. The quantitative estimate of drug-likeness (QED) is 0.0930. The Hall–Kier alpha value is -9.74. The summed E-state index contributed by atoms with van der Waals surface area (Å²) >= 11 is 0. The molecule has 78 heavy (non-hydrogen) atoms. The second-order valence-corrected chi connectivity index (χ2v) is 24.5. The highest BCUT2D eigenvalue weighted by atomic mass is 28.3. The molecule has 0 aliphatic heterocycles. The lowest BCUT2D eigenvalue weighted by molar-refractivity contribution is 1.17. The van der Waals surface area contributed by atoms with Crippen LogP contribution < -0.4 is 25.6 Å². The molecule has 14 rings (SSSR count). The normalized spacial score (nSPS) is 11.7.